The van der Waals surface area contributed by atoms with Crippen molar-refractivity contribution >= 4 is 6.03 Å². The molecule has 5 heteroatoms. The van der Waals surface area contributed by atoms with E-state index < -0.39 is 0 Å². The lowest BCUT2D eigenvalue weighted by atomic mass is 10.1. The van der Waals surface area contributed by atoms with Crippen molar-refractivity contribution < 1.29 is 14.3 Å². The summed E-state index contributed by atoms with van der Waals surface area (Å²) in [7, 11) is 0. The zero-order valence-electron chi connectivity index (χ0n) is 12.9. The molecule has 2 rings (SSSR count). The van der Waals surface area contributed by atoms with Gasteiger partial charge in [-0.2, -0.15) is 0 Å². The summed E-state index contributed by atoms with van der Waals surface area (Å²) in [5.41, 5.74) is 0. The molecule has 1 fully saturated rings. The van der Waals surface area contributed by atoms with Gasteiger partial charge in [-0.15, -0.1) is 6.42 Å². The number of likely N-dealkylation sites (tertiary alicyclic amines) is 1. The van der Waals surface area contributed by atoms with Crippen molar-refractivity contribution in [2.45, 2.75) is 25.9 Å². The van der Waals surface area contributed by atoms with Gasteiger partial charge in [0.2, 0.25) is 0 Å². The fourth-order valence-corrected chi connectivity index (χ4v) is 2.42. The lowest BCUT2D eigenvalue weighted by molar-refractivity contribution is 0.108. The Morgan fingerprint density at radius 2 is 2.05 bits per heavy atom. The van der Waals surface area contributed by atoms with Gasteiger partial charge in [-0.05, 0) is 19.1 Å². The molecule has 5 nitrogen and oxygen atoms in total. The Morgan fingerprint density at radius 3 is 2.68 bits per heavy atom. The number of nitrogens with zero attached hydrogens (tertiary/aromatic N) is 1. The zero-order valence-corrected chi connectivity index (χ0v) is 12.9. The Hall–Kier alpha value is -2.35. The van der Waals surface area contributed by atoms with Crippen LogP contribution in [-0.4, -0.2) is 43.3 Å². The van der Waals surface area contributed by atoms with Crippen LogP contribution in [0, 0.1) is 12.3 Å². The largest absolute Gasteiger partial charge is 0.490 e. The van der Waals surface area contributed by atoms with Gasteiger partial charge in [-0.25, -0.2) is 4.79 Å². The van der Waals surface area contributed by atoms with Crippen molar-refractivity contribution in [2.75, 3.05) is 26.2 Å². The molecule has 2 amide bonds. The number of urea groups is 1. The number of ether oxygens (including phenoxy) is 2. The fourth-order valence-electron chi connectivity index (χ4n) is 2.42. The van der Waals surface area contributed by atoms with Gasteiger partial charge in [0.1, 0.15) is 6.10 Å². The van der Waals surface area contributed by atoms with E-state index in [-0.39, 0.29) is 18.7 Å². The highest BCUT2D eigenvalue weighted by molar-refractivity contribution is 5.74. The molecule has 1 aliphatic heterocycles. The van der Waals surface area contributed by atoms with Crippen LogP contribution in [0.25, 0.3) is 0 Å². The zero-order chi connectivity index (χ0) is 15.8. The van der Waals surface area contributed by atoms with Crippen molar-refractivity contribution in [3.05, 3.63) is 24.3 Å². The Kier molecular flexibility index (Phi) is 5.96. The van der Waals surface area contributed by atoms with E-state index in [2.05, 4.69) is 11.2 Å². The minimum absolute atomic E-state index is 0.0956. The minimum Gasteiger partial charge on any atom is -0.490 e. The molecule has 0 unspecified atom stereocenters. The number of para-hydroxylation sites is 2. The number of benzene rings is 1. The normalized spacial score (nSPS) is 15.0. The molecule has 0 saturated carbocycles. The maximum absolute atomic E-state index is 11.8. The lowest BCUT2D eigenvalue weighted by Gasteiger charge is -2.32. The molecular formula is C17H22N2O3. The van der Waals surface area contributed by atoms with Crippen LogP contribution in [0.15, 0.2) is 24.3 Å². The SMILES string of the molecule is C#CCNC(=O)N1CCC(Oc2ccccc2OCC)CC1. The first-order valence-electron chi connectivity index (χ1n) is 7.59. The minimum atomic E-state index is -0.105. The summed E-state index contributed by atoms with van der Waals surface area (Å²) < 4.78 is 11.6. The number of rotatable bonds is 5. The van der Waals surface area contributed by atoms with Crippen molar-refractivity contribution in [1.29, 1.82) is 0 Å². The number of amides is 2. The number of nitrogens with one attached hydrogen (secondary N) is 1. The molecule has 0 radical (unpaired) electrons. The maximum Gasteiger partial charge on any atom is 0.318 e. The molecule has 1 aromatic rings. The summed E-state index contributed by atoms with van der Waals surface area (Å²) in [6, 6.07) is 7.57. The van der Waals surface area contributed by atoms with Crippen LogP contribution < -0.4 is 14.8 Å². The summed E-state index contributed by atoms with van der Waals surface area (Å²) >= 11 is 0. The Bertz CT molecular complexity index is 531. The van der Waals surface area contributed by atoms with E-state index in [1.54, 1.807) is 4.90 Å². The number of piperidine rings is 1. The summed E-state index contributed by atoms with van der Waals surface area (Å²) in [6.45, 7) is 4.14. The Morgan fingerprint density at radius 1 is 1.36 bits per heavy atom. The molecular weight excluding hydrogens is 280 g/mol. The smallest absolute Gasteiger partial charge is 0.318 e. The molecule has 0 aliphatic carbocycles. The third kappa shape index (κ3) is 4.32. The number of hydrogen-bond acceptors (Lipinski definition) is 3. The third-order valence-electron chi connectivity index (χ3n) is 3.51. The molecule has 1 N–H and O–H groups in total. The fraction of sp³-hybridized carbons (Fsp3) is 0.471. The maximum atomic E-state index is 11.8. The van der Waals surface area contributed by atoms with Gasteiger partial charge >= 0.3 is 6.03 Å². The Balaban J connectivity index is 1.85. The van der Waals surface area contributed by atoms with Gasteiger partial charge in [0.05, 0.1) is 13.2 Å². The molecule has 1 aliphatic rings. The number of carbonyl (C=O) groups is 1. The van der Waals surface area contributed by atoms with Crippen molar-refractivity contribution in [3.63, 3.8) is 0 Å². The van der Waals surface area contributed by atoms with E-state index in [4.69, 9.17) is 15.9 Å². The van der Waals surface area contributed by atoms with Crippen LogP contribution in [-0.2, 0) is 0 Å². The van der Waals surface area contributed by atoms with Crippen LogP contribution in [0.2, 0.25) is 0 Å². The van der Waals surface area contributed by atoms with Crippen LogP contribution in [0.5, 0.6) is 11.5 Å². The van der Waals surface area contributed by atoms with Crippen molar-refractivity contribution in [3.8, 4) is 23.8 Å². The van der Waals surface area contributed by atoms with Crippen LogP contribution >= 0.6 is 0 Å². The predicted octanol–water partition coefficient (Wildman–Crippen LogP) is 2.27. The Labute approximate surface area is 131 Å². The van der Waals surface area contributed by atoms with E-state index in [0.717, 1.165) is 24.3 Å². The highest BCUT2D eigenvalue weighted by Gasteiger charge is 2.24. The second-order valence-electron chi connectivity index (χ2n) is 5.05. The highest BCUT2D eigenvalue weighted by Crippen LogP contribution is 2.29. The van der Waals surface area contributed by atoms with E-state index in [1.807, 2.05) is 31.2 Å². The summed E-state index contributed by atoms with van der Waals surface area (Å²) in [4.78, 5) is 13.6. The van der Waals surface area contributed by atoms with Gasteiger partial charge < -0.3 is 19.7 Å². The topological polar surface area (TPSA) is 50.8 Å². The van der Waals surface area contributed by atoms with E-state index in [1.165, 1.54) is 0 Å². The highest BCUT2D eigenvalue weighted by atomic mass is 16.5. The van der Waals surface area contributed by atoms with Gasteiger partial charge in [-0.3, -0.25) is 0 Å². The van der Waals surface area contributed by atoms with Crippen molar-refractivity contribution in [2.24, 2.45) is 0 Å². The first-order chi connectivity index (χ1) is 10.7. The van der Waals surface area contributed by atoms with Gasteiger partial charge in [0, 0.05) is 25.9 Å². The average Bonchev–Trinajstić information content (AvgIpc) is 2.55. The molecule has 1 saturated heterocycles. The molecule has 0 aromatic heterocycles. The summed E-state index contributed by atoms with van der Waals surface area (Å²) in [6.07, 6.45) is 6.82. The predicted molar refractivity (Wildman–Crippen MR) is 85.1 cm³/mol. The van der Waals surface area contributed by atoms with Crippen LogP contribution in [0.1, 0.15) is 19.8 Å². The second-order valence-corrected chi connectivity index (χ2v) is 5.05. The van der Waals surface area contributed by atoms with Crippen molar-refractivity contribution in [1.82, 2.24) is 10.2 Å². The number of terminal acetylenes is 1. The molecule has 1 heterocycles. The van der Waals surface area contributed by atoms with Gasteiger partial charge in [0.25, 0.3) is 0 Å². The first kappa shape index (κ1) is 16.0. The third-order valence-corrected chi connectivity index (χ3v) is 3.51. The standard InChI is InChI=1S/C17H22N2O3/c1-3-11-18-17(20)19-12-9-14(10-13-19)22-16-8-6-5-7-15(16)21-4-2/h1,5-8,14H,4,9-13H2,2H3,(H,18,20). The van der Waals surface area contributed by atoms with Crippen LogP contribution in [0.4, 0.5) is 4.79 Å². The molecule has 0 atom stereocenters. The molecule has 118 valence electrons. The quantitative estimate of drug-likeness (QED) is 0.849. The number of carbonyl (C=O) groups excluding carboxylic acids is 1. The lowest BCUT2D eigenvalue weighted by Crippen LogP contribution is -2.46. The monoisotopic (exact) mass is 302 g/mol. The van der Waals surface area contributed by atoms with Gasteiger partial charge in [0.15, 0.2) is 11.5 Å². The van der Waals surface area contributed by atoms with E-state index in [9.17, 15) is 4.79 Å². The average molecular weight is 302 g/mol. The van der Waals surface area contributed by atoms with E-state index >= 15 is 0 Å². The molecule has 0 spiro atoms. The van der Waals surface area contributed by atoms with Crippen LogP contribution in [0.3, 0.4) is 0 Å². The first-order valence-corrected chi connectivity index (χ1v) is 7.59. The molecule has 0 bridgehead atoms. The summed E-state index contributed by atoms with van der Waals surface area (Å²) in [5.74, 6) is 3.93. The molecule has 22 heavy (non-hydrogen) atoms. The second kappa shape index (κ2) is 8.18. The molecule has 1 aromatic carbocycles. The van der Waals surface area contributed by atoms with Gasteiger partial charge in [-0.1, -0.05) is 18.1 Å². The van der Waals surface area contributed by atoms with E-state index in [0.29, 0.717) is 19.7 Å². The number of hydrogen-bond donors (Lipinski definition) is 1. The summed E-state index contributed by atoms with van der Waals surface area (Å²) in [5, 5.41) is 2.68.